The SMILES string of the molecule is CCOC1CCN(C(=O)c2cnc(N)cn2)CC1. The number of piperidine rings is 1. The smallest absolute Gasteiger partial charge is 0.274 e. The van der Waals surface area contributed by atoms with Gasteiger partial charge in [0.1, 0.15) is 11.5 Å². The van der Waals surface area contributed by atoms with Crippen molar-refractivity contribution in [2.24, 2.45) is 0 Å². The summed E-state index contributed by atoms with van der Waals surface area (Å²) in [5.74, 6) is 0.235. The van der Waals surface area contributed by atoms with Gasteiger partial charge in [0.2, 0.25) is 0 Å². The van der Waals surface area contributed by atoms with Crippen molar-refractivity contribution in [1.29, 1.82) is 0 Å². The number of anilines is 1. The minimum Gasteiger partial charge on any atom is -0.382 e. The van der Waals surface area contributed by atoms with Gasteiger partial charge in [0.25, 0.3) is 5.91 Å². The van der Waals surface area contributed by atoms with Crippen LogP contribution in [0.25, 0.3) is 0 Å². The molecule has 1 aliphatic rings. The highest BCUT2D eigenvalue weighted by atomic mass is 16.5. The molecule has 18 heavy (non-hydrogen) atoms. The molecule has 1 amide bonds. The van der Waals surface area contributed by atoms with Gasteiger partial charge in [-0.05, 0) is 19.8 Å². The van der Waals surface area contributed by atoms with E-state index >= 15 is 0 Å². The predicted octanol–water partition coefficient (Wildman–Crippen LogP) is 0.700. The molecule has 0 saturated carbocycles. The Kier molecular flexibility index (Phi) is 4.09. The van der Waals surface area contributed by atoms with Gasteiger partial charge >= 0.3 is 0 Å². The minimum atomic E-state index is -0.0857. The Labute approximate surface area is 106 Å². The van der Waals surface area contributed by atoms with Crippen LogP contribution in [0.15, 0.2) is 12.4 Å². The van der Waals surface area contributed by atoms with E-state index in [1.54, 1.807) is 4.90 Å². The zero-order chi connectivity index (χ0) is 13.0. The molecule has 1 aromatic heterocycles. The summed E-state index contributed by atoms with van der Waals surface area (Å²) < 4.78 is 5.55. The van der Waals surface area contributed by atoms with Crippen LogP contribution in [-0.2, 0) is 4.74 Å². The topological polar surface area (TPSA) is 81.3 Å². The Hall–Kier alpha value is -1.69. The maximum absolute atomic E-state index is 12.1. The first-order valence-electron chi connectivity index (χ1n) is 6.19. The van der Waals surface area contributed by atoms with Gasteiger partial charge in [0, 0.05) is 19.7 Å². The average molecular weight is 250 g/mol. The quantitative estimate of drug-likeness (QED) is 0.854. The van der Waals surface area contributed by atoms with Crippen LogP contribution in [0.5, 0.6) is 0 Å². The van der Waals surface area contributed by atoms with Crippen molar-refractivity contribution in [3.63, 3.8) is 0 Å². The third-order valence-electron chi connectivity index (χ3n) is 3.02. The van der Waals surface area contributed by atoms with Gasteiger partial charge in [-0.25, -0.2) is 9.97 Å². The highest BCUT2D eigenvalue weighted by Gasteiger charge is 2.24. The lowest BCUT2D eigenvalue weighted by Gasteiger charge is -2.31. The van der Waals surface area contributed by atoms with Gasteiger partial charge in [-0.1, -0.05) is 0 Å². The van der Waals surface area contributed by atoms with Crippen molar-refractivity contribution in [2.45, 2.75) is 25.9 Å². The van der Waals surface area contributed by atoms with Crippen molar-refractivity contribution in [1.82, 2.24) is 14.9 Å². The Morgan fingerprint density at radius 3 is 2.72 bits per heavy atom. The van der Waals surface area contributed by atoms with Gasteiger partial charge in [-0.2, -0.15) is 0 Å². The molecule has 6 heteroatoms. The second-order valence-electron chi connectivity index (χ2n) is 4.27. The van der Waals surface area contributed by atoms with Gasteiger partial charge in [0.15, 0.2) is 0 Å². The van der Waals surface area contributed by atoms with Gasteiger partial charge in [-0.3, -0.25) is 4.79 Å². The number of carbonyl (C=O) groups is 1. The molecule has 0 bridgehead atoms. The molecule has 0 atom stereocenters. The summed E-state index contributed by atoms with van der Waals surface area (Å²) in [4.78, 5) is 21.8. The van der Waals surface area contributed by atoms with Gasteiger partial charge in [-0.15, -0.1) is 0 Å². The molecule has 0 aliphatic carbocycles. The van der Waals surface area contributed by atoms with Crippen LogP contribution in [0.3, 0.4) is 0 Å². The van der Waals surface area contributed by atoms with E-state index in [1.807, 2.05) is 6.92 Å². The third-order valence-corrected chi connectivity index (χ3v) is 3.02. The molecule has 1 aliphatic heterocycles. The standard InChI is InChI=1S/C12H18N4O2/c1-2-18-9-3-5-16(6-4-9)12(17)10-7-15-11(13)8-14-10/h7-9H,2-6H2,1H3,(H2,13,15). The third kappa shape index (κ3) is 2.95. The molecule has 2 N–H and O–H groups in total. The molecular weight excluding hydrogens is 232 g/mol. The normalized spacial score (nSPS) is 16.8. The Morgan fingerprint density at radius 2 is 2.17 bits per heavy atom. The van der Waals surface area contributed by atoms with E-state index in [2.05, 4.69) is 9.97 Å². The van der Waals surface area contributed by atoms with Crippen LogP contribution in [0.1, 0.15) is 30.3 Å². The Balaban J connectivity index is 1.93. The van der Waals surface area contributed by atoms with E-state index in [0.29, 0.717) is 24.6 Å². The molecule has 1 saturated heterocycles. The highest BCUT2D eigenvalue weighted by Crippen LogP contribution is 2.15. The molecular formula is C12H18N4O2. The number of nitrogens with zero attached hydrogens (tertiary/aromatic N) is 3. The van der Waals surface area contributed by atoms with E-state index in [9.17, 15) is 4.79 Å². The average Bonchev–Trinajstić information content (AvgIpc) is 2.40. The molecule has 0 spiro atoms. The van der Waals surface area contributed by atoms with Crippen molar-refractivity contribution in [3.05, 3.63) is 18.1 Å². The van der Waals surface area contributed by atoms with Crippen LogP contribution in [0.4, 0.5) is 5.82 Å². The molecule has 0 unspecified atom stereocenters. The van der Waals surface area contributed by atoms with E-state index < -0.39 is 0 Å². The van der Waals surface area contributed by atoms with Crippen molar-refractivity contribution >= 4 is 11.7 Å². The maximum Gasteiger partial charge on any atom is 0.274 e. The second kappa shape index (κ2) is 5.77. The number of nitrogens with two attached hydrogens (primary N) is 1. The molecule has 6 nitrogen and oxygen atoms in total. The number of carbonyl (C=O) groups excluding carboxylic acids is 1. The minimum absolute atomic E-state index is 0.0857. The summed E-state index contributed by atoms with van der Waals surface area (Å²) in [5, 5.41) is 0. The van der Waals surface area contributed by atoms with Crippen LogP contribution in [-0.4, -0.2) is 46.6 Å². The monoisotopic (exact) mass is 250 g/mol. The fraction of sp³-hybridized carbons (Fsp3) is 0.583. The van der Waals surface area contributed by atoms with E-state index in [-0.39, 0.29) is 12.0 Å². The zero-order valence-corrected chi connectivity index (χ0v) is 10.5. The van der Waals surface area contributed by atoms with Crippen LogP contribution >= 0.6 is 0 Å². The number of amides is 1. The summed E-state index contributed by atoms with van der Waals surface area (Å²) in [7, 11) is 0. The second-order valence-corrected chi connectivity index (χ2v) is 4.27. The first-order chi connectivity index (χ1) is 8.70. The van der Waals surface area contributed by atoms with Crippen molar-refractivity contribution in [2.75, 3.05) is 25.4 Å². The first-order valence-corrected chi connectivity index (χ1v) is 6.19. The summed E-state index contributed by atoms with van der Waals surface area (Å²) in [6.45, 7) is 4.12. The lowest BCUT2D eigenvalue weighted by Crippen LogP contribution is -2.41. The Bertz CT molecular complexity index is 399. The molecule has 98 valence electrons. The fourth-order valence-electron chi connectivity index (χ4n) is 2.07. The number of ether oxygens (including phenoxy) is 1. The van der Waals surface area contributed by atoms with E-state index in [4.69, 9.17) is 10.5 Å². The summed E-state index contributed by atoms with van der Waals surface area (Å²) in [6, 6.07) is 0. The summed E-state index contributed by atoms with van der Waals surface area (Å²) in [5.41, 5.74) is 5.79. The number of hydrogen-bond acceptors (Lipinski definition) is 5. The lowest BCUT2D eigenvalue weighted by molar-refractivity contribution is 0.0144. The zero-order valence-electron chi connectivity index (χ0n) is 10.5. The largest absolute Gasteiger partial charge is 0.382 e. The molecule has 1 aromatic rings. The predicted molar refractivity (Wildman–Crippen MR) is 67.0 cm³/mol. The molecule has 2 rings (SSSR count). The molecule has 0 radical (unpaired) electrons. The number of nitrogen functional groups attached to an aromatic ring is 1. The van der Waals surface area contributed by atoms with Gasteiger partial charge in [0.05, 0.1) is 18.5 Å². The van der Waals surface area contributed by atoms with Crippen LogP contribution < -0.4 is 5.73 Å². The maximum atomic E-state index is 12.1. The van der Waals surface area contributed by atoms with Gasteiger partial charge < -0.3 is 15.4 Å². The number of hydrogen-bond donors (Lipinski definition) is 1. The Morgan fingerprint density at radius 1 is 1.44 bits per heavy atom. The van der Waals surface area contributed by atoms with Crippen molar-refractivity contribution < 1.29 is 9.53 Å². The first kappa shape index (κ1) is 12.8. The number of likely N-dealkylation sites (tertiary alicyclic amines) is 1. The number of rotatable bonds is 3. The summed E-state index contributed by atoms with van der Waals surface area (Å²) in [6.07, 6.45) is 4.85. The lowest BCUT2D eigenvalue weighted by atomic mass is 10.1. The molecule has 0 aromatic carbocycles. The summed E-state index contributed by atoms with van der Waals surface area (Å²) >= 11 is 0. The van der Waals surface area contributed by atoms with E-state index in [0.717, 1.165) is 19.4 Å². The molecule has 1 fully saturated rings. The molecule has 2 heterocycles. The van der Waals surface area contributed by atoms with E-state index in [1.165, 1.54) is 12.4 Å². The number of aromatic nitrogens is 2. The fourth-order valence-corrected chi connectivity index (χ4v) is 2.07. The van der Waals surface area contributed by atoms with Crippen molar-refractivity contribution in [3.8, 4) is 0 Å². The highest BCUT2D eigenvalue weighted by molar-refractivity contribution is 5.92. The van der Waals surface area contributed by atoms with Crippen LogP contribution in [0.2, 0.25) is 0 Å². The van der Waals surface area contributed by atoms with Crippen LogP contribution in [0, 0.1) is 0 Å².